The van der Waals surface area contributed by atoms with Gasteiger partial charge < -0.3 is 4.90 Å². The summed E-state index contributed by atoms with van der Waals surface area (Å²) in [6.45, 7) is 10.3. The molecule has 8 nitrogen and oxygen atoms in total. The number of anilines is 1. The lowest BCUT2D eigenvalue weighted by Crippen LogP contribution is -2.49. The summed E-state index contributed by atoms with van der Waals surface area (Å²) in [7, 11) is -3.14. The largest absolute Gasteiger partial charge is 0.352 e. The van der Waals surface area contributed by atoms with E-state index in [9.17, 15) is 8.42 Å². The number of hydrogen-bond donors (Lipinski definition) is 0. The van der Waals surface area contributed by atoms with Crippen LogP contribution in [0.3, 0.4) is 0 Å². The van der Waals surface area contributed by atoms with Gasteiger partial charge in [-0.25, -0.2) is 13.1 Å². The molecule has 148 valence electrons. The smallest absolute Gasteiger partial charge is 0.214 e. The highest BCUT2D eigenvalue weighted by Gasteiger charge is 2.27. The van der Waals surface area contributed by atoms with Gasteiger partial charge in [0.25, 0.3) is 0 Å². The zero-order chi connectivity index (χ0) is 19.6. The van der Waals surface area contributed by atoms with Crippen LogP contribution in [-0.2, 0) is 10.0 Å². The predicted octanol–water partition coefficient (Wildman–Crippen LogP) is 1.84. The molecule has 1 fully saturated rings. The van der Waals surface area contributed by atoms with Crippen LogP contribution in [0.1, 0.15) is 36.7 Å². The average Bonchev–Trinajstić information content (AvgIpc) is 2.94. The van der Waals surface area contributed by atoms with Crippen LogP contribution < -0.4 is 4.90 Å². The van der Waals surface area contributed by atoms with E-state index in [1.807, 2.05) is 39.8 Å². The molecule has 0 amide bonds. The fourth-order valence-corrected chi connectivity index (χ4v) is 4.83. The Morgan fingerprint density at radius 1 is 1.00 bits per heavy atom. The molecule has 0 aromatic carbocycles. The lowest BCUT2D eigenvalue weighted by molar-refractivity contribution is 0.383. The van der Waals surface area contributed by atoms with Gasteiger partial charge in [-0.05, 0) is 44.9 Å². The summed E-state index contributed by atoms with van der Waals surface area (Å²) in [6, 6.07) is 3.83. The Bertz CT molecular complexity index is 883. The van der Waals surface area contributed by atoms with Gasteiger partial charge in [0.05, 0.1) is 11.4 Å². The maximum atomic E-state index is 12.3. The summed E-state index contributed by atoms with van der Waals surface area (Å²) in [4.78, 5) is 2.08. The molecule has 0 radical (unpaired) electrons. The third-order valence-electron chi connectivity index (χ3n) is 5.22. The van der Waals surface area contributed by atoms with Crippen molar-refractivity contribution in [2.24, 2.45) is 0 Å². The highest BCUT2D eigenvalue weighted by molar-refractivity contribution is 7.89. The predicted molar refractivity (Wildman–Crippen MR) is 106 cm³/mol. The van der Waals surface area contributed by atoms with E-state index in [2.05, 4.69) is 20.2 Å². The van der Waals surface area contributed by atoms with Gasteiger partial charge in [0.1, 0.15) is 0 Å². The number of rotatable bonds is 6. The Labute approximate surface area is 161 Å². The van der Waals surface area contributed by atoms with Crippen molar-refractivity contribution in [2.75, 3.05) is 36.8 Å². The van der Waals surface area contributed by atoms with Crippen molar-refractivity contribution < 1.29 is 8.42 Å². The summed E-state index contributed by atoms with van der Waals surface area (Å²) in [5, 5.41) is 13.2. The molecular weight excluding hydrogens is 364 g/mol. The van der Waals surface area contributed by atoms with Crippen LogP contribution in [0, 0.1) is 20.8 Å². The lowest BCUT2D eigenvalue weighted by atomic mass is 10.2. The van der Waals surface area contributed by atoms with Gasteiger partial charge in [0.2, 0.25) is 10.0 Å². The first kappa shape index (κ1) is 19.8. The molecule has 0 N–H and O–H groups in total. The van der Waals surface area contributed by atoms with Gasteiger partial charge in [-0.1, -0.05) is 13.3 Å². The number of aromatic nitrogens is 4. The molecule has 27 heavy (non-hydrogen) atoms. The van der Waals surface area contributed by atoms with E-state index in [1.54, 1.807) is 8.99 Å². The first-order valence-corrected chi connectivity index (χ1v) is 11.0. The zero-order valence-corrected chi connectivity index (χ0v) is 17.3. The van der Waals surface area contributed by atoms with Crippen LogP contribution in [0.15, 0.2) is 12.1 Å². The Morgan fingerprint density at radius 3 is 2.15 bits per heavy atom. The minimum atomic E-state index is -3.14. The fourth-order valence-electron chi connectivity index (χ4n) is 3.19. The number of aryl methyl sites for hydroxylation is 1. The second-order valence-corrected chi connectivity index (χ2v) is 9.10. The third-order valence-corrected chi connectivity index (χ3v) is 7.17. The van der Waals surface area contributed by atoms with Crippen LogP contribution in [0.5, 0.6) is 0 Å². The molecule has 0 bridgehead atoms. The van der Waals surface area contributed by atoms with E-state index in [1.165, 1.54) is 0 Å². The molecule has 0 spiro atoms. The number of piperazine rings is 1. The molecule has 1 aliphatic heterocycles. The van der Waals surface area contributed by atoms with E-state index in [0.717, 1.165) is 29.2 Å². The molecule has 3 heterocycles. The molecule has 0 unspecified atom stereocenters. The third kappa shape index (κ3) is 4.14. The van der Waals surface area contributed by atoms with Crippen molar-refractivity contribution in [3.8, 4) is 5.82 Å². The monoisotopic (exact) mass is 392 g/mol. The standard InChI is InChI=1S/C18H28N6O2S/c1-5-6-13-27(25,26)23-11-9-22(10-12-23)17-7-8-18(20-19-17)24-16(4)14(2)15(3)21-24/h7-8H,5-6,9-13H2,1-4H3. The summed E-state index contributed by atoms with van der Waals surface area (Å²) < 4.78 is 28.0. The molecule has 9 heteroatoms. The van der Waals surface area contributed by atoms with Crippen molar-refractivity contribution >= 4 is 15.8 Å². The van der Waals surface area contributed by atoms with E-state index >= 15 is 0 Å². The molecule has 1 aliphatic rings. The van der Waals surface area contributed by atoms with Gasteiger partial charge in [-0.15, -0.1) is 10.2 Å². The van der Waals surface area contributed by atoms with Gasteiger partial charge in [0.15, 0.2) is 11.6 Å². The van der Waals surface area contributed by atoms with Crippen LogP contribution in [0.4, 0.5) is 5.82 Å². The Balaban J connectivity index is 1.66. The van der Waals surface area contributed by atoms with Gasteiger partial charge in [-0.2, -0.15) is 9.40 Å². The summed E-state index contributed by atoms with van der Waals surface area (Å²) >= 11 is 0. The van der Waals surface area contributed by atoms with E-state index in [4.69, 9.17) is 0 Å². The molecule has 0 aliphatic carbocycles. The van der Waals surface area contributed by atoms with Gasteiger partial charge in [-0.3, -0.25) is 0 Å². The van der Waals surface area contributed by atoms with Crippen molar-refractivity contribution in [1.29, 1.82) is 0 Å². The molecule has 0 atom stereocenters. The van der Waals surface area contributed by atoms with Crippen LogP contribution in [0.25, 0.3) is 5.82 Å². The lowest BCUT2D eigenvalue weighted by Gasteiger charge is -2.34. The topological polar surface area (TPSA) is 84.2 Å². The highest BCUT2D eigenvalue weighted by atomic mass is 32.2. The van der Waals surface area contributed by atoms with E-state index in [0.29, 0.717) is 38.4 Å². The summed E-state index contributed by atoms with van der Waals surface area (Å²) in [5.74, 6) is 1.69. The number of hydrogen-bond acceptors (Lipinski definition) is 6. The maximum Gasteiger partial charge on any atom is 0.214 e. The van der Waals surface area contributed by atoms with Gasteiger partial charge >= 0.3 is 0 Å². The summed E-state index contributed by atoms with van der Waals surface area (Å²) in [5.41, 5.74) is 3.19. The minimum Gasteiger partial charge on any atom is -0.352 e. The molecule has 3 rings (SSSR count). The Kier molecular flexibility index (Phi) is 5.81. The fraction of sp³-hybridized carbons (Fsp3) is 0.611. The Hall–Kier alpha value is -2.00. The van der Waals surface area contributed by atoms with Crippen molar-refractivity contribution in [2.45, 2.75) is 40.5 Å². The van der Waals surface area contributed by atoms with Gasteiger partial charge in [0, 0.05) is 31.9 Å². The van der Waals surface area contributed by atoms with Crippen molar-refractivity contribution in [1.82, 2.24) is 24.3 Å². The maximum absolute atomic E-state index is 12.3. The average molecular weight is 393 g/mol. The molecule has 1 saturated heterocycles. The number of nitrogens with zero attached hydrogens (tertiary/aromatic N) is 6. The number of sulfonamides is 1. The van der Waals surface area contributed by atoms with Crippen LogP contribution >= 0.6 is 0 Å². The molecule has 0 saturated carbocycles. The first-order chi connectivity index (χ1) is 12.8. The van der Waals surface area contributed by atoms with E-state index < -0.39 is 10.0 Å². The van der Waals surface area contributed by atoms with Crippen LogP contribution in [0.2, 0.25) is 0 Å². The quantitative estimate of drug-likeness (QED) is 0.746. The molecule has 2 aromatic heterocycles. The van der Waals surface area contributed by atoms with Crippen molar-refractivity contribution in [3.05, 3.63) is 29.1 Å². The zero-order valence-electron chi connectivity index (χ0n) is 16.5. The Morgan fingerprint density at radius 2 is 1.63 bits per heavy atom. The van der Waals surface area contributed by atoms with Crippen LogP contribution in [-0.4, -0.2) is 64.6 Å². The first-order valence-electron chi connectivity index (χ1n) is 9.43. The van der Waals surface area contributed by atoms with E-state index in [-0.39, 0.29) is 5.75 Å². The normalized spacial score (nSPS) is 16.1. The minimum absolute atomic E-state index is 0.236. The molecular formula is C18H28N6O2S. The molecule has 2 aromatic rings. The number of unbranched alkanes of at least 4 members (excludes halogenated alkanes) is 1. The highest BCUT2D eigenvalue weighted by Crippen LogP contribution is 2.18. The second kappa shape index (κ2) is 7.93. The second-order valence-electron chi connectivity index (χ2n) is 7.01. The SMILES string of the molecule is CCCCS(=O)(=O)N1CCN(c2ccc(-n3nc(C)c(C)c3C)nn2)CC1. The summed E-state index contributed by atoms with van der Waals surface area (Å²) in [6.07, 6.45) is 1.59. The van der Waals surface area contributed by atoms with Crippen molar-refractivity contribution in [3.63, 3.8) is 0 Å².